The van der Waals surface area contributed by atoms with Crippen molar-refractivity contribution in [2.75, 3.05) is 7.11 Å². The molecule has 1 aliphatic carbocycles. The molecule has 0 unspecified atom stereocenters. The van der Waals surface area contributed by atoms with Crippen molar-refractivity contribution in [1.29, 1.82) is 0 Å². The fourth-order valence-corrected chi connectivity index (χ4v) is 1.23. The first kappa shape index (κ1) is 9.76. The van der Waals surface area contributed by atoms with Crippen LogP contribution < -0.4 is 15.2 Å². The highest BCUT2D eigenvalue weighted by Crippen LogP contribution is 2.35. The van der Waals surface area contributed by atoms with E-state index in [2.05, 4.69) is 4.98 Å². The number of carbonyl (C=O) groups excluding carboxylic acids is 1. The highest BCUT2D eigenvalue weighted by atomic mass is 16.5. The zero-order valence-electron chi connectivity index (χ0n) is 8.40. The lowest BCUT2D eigenvalue weighted by Gasteiger charge is -2.11. The number of amides is 1. The number of pyridine rings is 1. The summed E-state index contributed by atoms with van der Waals surface area (Å²) in [6.07, 6.45) is 3.63. The van der Waals surface area contributed by atoms with Crippen molar-refractivity contribution in [2.45, 2.75) is 18.9 Å². The van der Waals surface area contributed by atoms with E-state index in [1.165, 1.54) is 13.3 Å². The molecule has 2 N–H and O–H groups in total. The van der Waals surface area contributed by atoms with Crippen LogP contribution in [0.4, 0.5) is 0 Å². The molecule has 5 heteroatoms. The van der Waals surface area contributed by atoms with Crippen LogP contribution in [0.25, 0.3) is 0 Å². The molecule has 0 bridgehead atoms. The predicted molar refractivity (Wildman–Crippen MR) is 53.0 cm³/mol. The van der Waals surface area contributed by atoms with Crippen molar-refractivity contribution in [1.82, 2.24) is 4.98 Å². The molecule has 0 spiro atoms. The zero-order valence-corrected chi connectivity index (χ0v) is 8.40. The van der Waals surface area contributed by atoms with Crippen LogP contribution in [0.2, 0.25) is 0 Å². The third kappa shape index (κ3) is 2.01. The largest absolute Gasteiger partial charge is 0.493 e. The lowest BCUT2D eigenvalue weighted by molar-refractivity contribution is 0.0990. The molecule has 0 aromatic carbocycles. The number of rotatable bonds is 4. The Morgan fingerprint density at radius 3 is 2.87 bits per heavy atom. The maximum atomic E-state index is 11.1. The monoisotopic (exact) mass is 208 g/mol. The summed E-state index contributed by atoms with van der Waals surface area (Å²) in [6.45, 7) is 0. The minimum atomic E-state index is -0.607. The first-order valence-electron chi connectivity index (χ1n) is 4.72. The van der Waals surface area contributed by atoms with E-state index in [4.69, 9.17) is 15.2 Å². The number of ether oxygens (including phenoxy) is 2. The maximum Gasteiger partial charge on any atom is 0.271 e. The molecular weight excluding hydrogens is 196 g/mol. The van der Waals surface area contributed by atoms with Crippen LogP contribution in [0.15, 0.2) is 12.3 Å². The van der Waals surface area contributed by atoms with Crippen LogP contribution in [0, 0.1) is 0 Å². The molecule has 15 heavy (non-hydrogen) atoms. The van der Waals surface area contributed by atoms with Crippen molar-refractivity contribution in [2.24, 2.45) is 5.73 Å². The number of primary amides is 1. The Hall–Kier alpha value is -1.78. The van der Waals surface area contributed by atoms with Gasteiger partial charge in [0.1, 0.15) is 0 Å². The van der Waals surface area contributed by atoms with Gasteiger partial charge in [-0.1, -0.05) is 0 Å². The number of hydrogen-bond acceptors (Lipinski definition) is 4. The first-order chi connectivity index (χ1) is 7.22. The summed E-state index contributed by atoms with van der Waals surface area (Å²) in [4.78, 5) is 15.0. The molecule has 0 saturated heterocycles. The van der Waals surface area contributed by atoms with E-state index >= 15 is 0 Å². The topological polar surface area (TPSA) is 74.4 Å². The lowest BCUT2D eigenvalue weighted by Crippen LogP contribution is -2.16. The van der Waals surface area contributed by atoms with Gasteiger partial charge in [-0.2, -0.15) is 0 Å². The number of methoxy groups -OCH3 is 1. The van der Waals surface area contributed by atoms with Crippen molar-refractivity contribution in [3.8, 4) is 11.5 Å². The molecule has 1 aliphatic rings. The fraction of sp³-hybridized carbons (Fsp3) is 0.400. The third-order valence-corrected chi connectivity index (χ3v) is 2.13. The van der Waals surface area contributed by atoms with E-state index in [0.717, 1.165) is 12.8 Å². The van der Waals surface area contributed by atoms with Gasteiger partial charge >= 0.3 is 0 Å². The Morgan fingerprint density at radius 2 is 2.33 bits per heavy atom. The lowest BCUT2D eigenvalue weighted by atomic mass is 10.3. The summed E-state index contributed by atoms with van der Waals surface area (Å²) in [7, 11) is 1.51. The van der Waals surface area contributed by atoms with Crippen LogP contribution in [0.5, 0.6) is 11.5 Å². The number of aromatic nitrogens is 1. The van der Waals surface area contributed by atoms with Crippen LogP contribution >= 0.6 is 0 Å². The molecule has 2 rings (SSSR count). The molecule has 1 amide bonds. The Kier molecular flexibility index (Phi) is 2.45. The third-order valence-electron chi connectivity index (χ3n) is 2.13. The predicted octanol–water partition coefficient (Wildman–Crippen LogP) is 0.730. The van der Waals surface area contributed by atoms with E-state index < -0.39 is 5.91 Å². The Bertz CT molecular complexity index is 388. The van der Waals surface area contributed by atoms with Gasteiger partial charge in [0.05, 0.1) is 13.2 Å². The molecule has 1 fully saturated rings. The van der Waals surface area contributed by atoms with Crippen LogP contribution in [-0.4, -0.2) is 24.1 Å². The van der Waals surface area contributed by atoms with Gasteiger partial charge in [-0.05, 0) is 12.8 Å². The quantitative estimate of drug-likeness (QED) is 0.791. The summed E-state index contributed by atoms with van der Waals surface area (Å²) in [5, 5.41) is 0. The smallest absolute Gasteiger partial charge is 0.271 e. The van der Waals surface area contributed by atoms with E-state index in [0.29, 0.717) is 11.5 Å². The number of nitrogens with two attached hydrogens (primary N) is 1. The molecule has 1 aromatic rings. The second-order valence-corrected chi connectivity index (χ2v) is 3.37. The Balaban J connectivity index is 2.38. The maximum absolute atomic E-state index is 11.1. The minimum Gasteiger partial charge on any atom is -0.493 e. The van der Waals surface area contributed by atoms with E-state index in [1.54, 1.807) is 6.07 Å². The normalized spacial score (nSPS) is 14.7. The van der Waals surface area contributed by atoms with Crippen molar-refractivity contribution >= 4 is 5.91 Å². The molecule has 1 saturated carbocycles. The Labute approximate surface area is 87.2 Å². The van der Waals surface area contributed by atoms with Gasteiger partial charge < -0.3 is 15.2 Å². The summed E-state index contributed by atoms with van der Waals surface area (Å²) in [6, 6.07) is 1.64. The first-order valence-corrected chi connectivity index (χ1v) is 4.72. The van der Waals surface area contributed by atoms with Gasteiger partial charge in [0.15, 0.2) is 17.2 Å². The van der Waals surface area contributed by atoms with Gasteiger partial charge in [-0.15, -0.1) is 0 Å². The SMILES string of the molecule is COc1ccnc(C(N)=O)c1OC1CC1. The molecule has 1 aromatic heterocycles. The van der Waals surface area contributed by atoms with Crippen molar-refractivity contribution in [3.05, 3.63) is 18.0 Å². The zero-order chi connectivity index (χ0) is 10.8. The van der Waals surface area contributed by atoms with Gasteiger partial charge in [0.2, 0.25) is 0 Å². The molecule has 0 atom stereocenters. The number of hydrogen-bond donors (Lipinski definition) is 1. The van der Waals surface area contributed by atoms with Crippen molar-refractivity contribution in [3.63, 3.8) is 0 Å². The minimum absolute atomic E-state index is 0.126. The average molecular weight is 208 g/mol. The van der Waals surface area contributed by atoms with Crippen LogP contribution in [-0.2, 0) is 0 Å². The summed E-state index contributed by atoms with van der Waals surface area (Å²) in [5.74, 6) is 0.241. The average Bonchev–Trinajstić information content (AvgIpc) is 3.01. The van der Waals surface area contributed by atoms with Gasteiger partial charge in [-0.3, -0.25) is 4.79 Å². The second-order valence-electron chi connectivity index (χ2n) is 3.37. The van der Waals surface area contributed by atoms with E-state index in [-0.39, 0.29) is 11.8 Å². The molecule has 5 nitrogen and oxygen atoms in total. The standard InChI is InChI=1S/C10H12N2O3/c1-14-7-4-5-12-8(10(11)13)9(7)15-6-2-3-6/h4-6H,2-3H2,1H3,(H2,11,13). The fourth-order valence-electron chi connectivity index (χ4n) is 1.23. The van der Waals surface area contributed by atoms with Crippen molar-refractivity contribution < 1.29 is 14.3 Å². The number of carbonyl (C=O) groups is 1. The molecule has 1 heterocycles. The van der Waals surface area contributed by atoms with E-state index in [9.17, 15) is 4.79 Å². The highest BCUT2D eigenvalue weighted by Gasteiger charge is 2.27. The molecular formula is C10H12N2O3. The van der Waals surface area contributed by atoms with Crippen LogP contribution in [0.1, 0.15) is 23.3 Å². The summed E-state index contributed by atoms with van der Waals surface area (Å²) >= 11 is 0. The van der Waals surface area contributed by atoms with Gasteiger partial charge in [0, 0.05) is 12.3 Å². The molecule has 80 valence electrons. The van der Waals surface area contributed by atoms with E-state index in [1.807, 2.05) is 0 Å². The molecule has 0 radical (unpaired) electrons. The Morgan fingerprint density at radius 1 is 1.60 bits per heavy atom. The van der Waals surface area contributed by atoms with Gasteiger partial charge in [-0.25, -0.2) is 4.98 Å². The van der Waals surface area contributed by atoms with Crippen LogP contribution in [0.3, 0.4) is 0 Å². The molecule has 0 aliphatic heterocycles. The summed E-state index contributed by atoms with van der Waals surface area (Å²) in [5.41, 5.74) is 5.32. The van der Waals surface area contributed by atoms with Gasteiger partial charge in [0.25, 0.3) is 5.91 Å². The second kappa shape index (κ2) is 3.76. The number of nitrogens with zero attached hydrogens (tertiary/aromatic N) is 1. The highest BCUT2D eigenvalue weighted by molar-refractivity contribution is 5.94. The summed E-state index contributed by atoms with van der Waals surface area (Å²) < 4.78 is 10.6.